The summed E-state index contributed by atoms with van der Waals surface area (Å²) in [5.41, 5.74) is 35.4. The van der Waals surface area contributed by atoms with Crippen LogP contribution in [0.3, 0.4) is 0 Å². The molecule has 27 aromatic rings. The third kappa shape index (κ3) is 15.3. The summed E-state index contributed by atoms with van der Waals surface area (Å²) in [6.07, 6.45) is 0. The van der Waals surface area contributed by atoms with Gasteiger partial charge in [-0.3, -0.25) is 0 Å². The Morgan fingerprint density at radius 3 is 0.865 bits per heavy atom. The van der Waals surface area contributed by atoms with E-state index in [1.165, 1.54) is 110 Å². The summed E-state index contributed by atoms with van der Waals surface area (Å²) >= 11 is 0. The molecule has 0 spiro atoms. The summed E-state index contributed by atoms with van der Waals surface area (Å²) in [4.78, 5) is 45.2. The van der Waals surface area contributed by atoms with Gasteiger partial charge >= 0.3 is 0 Å². The smallest absolute Gasteiger partial charge is 0.164 e. The number of aromatic nitrogens is 12. The SMILES string of the molecule is CC1(C)c2ccccc2-c2cc3c4ccccc4n(-c4cccc(-c5nc(-c6ccccc6)nc(-c6ccc(-c7ccccc7)cc6)n5)c4)c3cc21.CC1(C)c2ccccc2-c2cc3c4ccccc4n(-c4cccc(-c5nc(-c6ccccc6)nc(-c6ccccc6)n5)c4)c3cc21.c1ccc(-c2nc(-c3ccccc3)nc(-c3cc(-c4ccc5c(c4)c4ccccc4n5-c4ccccc4)c4oc5ccccc5c4c3)n2)cc1. The lowest BCUT2D eigenvalue weighted by molar-refractivity contribution is 0.661. The van der Waals surface area contributed by atoms with Crippen molar-refractivity contribution < 1.29 is 4.42 Å². The first-order chi connectivity index (χ1) is 72.9. The van der Waals surface area contributed by atoms with E-state index in [0.29, 0.717) is 52.4 Å². The Morgan fingerprint density at radius 1 is 0.162 bits per heavy atom. The van der Waals surface area contributed by atoms with Crippen molar-refractivity contribution in [1.29, 1.82) is 0 Å². The first-order valence-corrected chi connectivity index (χ1v) is 50.2. The summed E-state index contributed by atoms with van der Waals surface area (Å²) in [5.74, 6) is 5.74. The first kappa shape index (κ1) is 87.6. The van der Waals surface area contributed by atoms with E-state index in [1.54, 1.807) is 0 Å². The van der Waals surface area contributed by atoms with E-state index in [4.69, 9.17) is 49.3 Å². The van der Waals surface area contributed by atoms with Gasteiger partial charge in [-0.1, -0.05) is 404 Å². The summed E-state index contributed by atoms with van der Waals surface area (Å²) < 4.78 is 13.8. The van der Waals surface area contributed by atoms with Gasteiger partial charge < -0.3 is 18.1 Å². The minimum absolute atomic E-state index is 0.0875. The number of nitrogens with zero attached hydrogens (tertiary/aromatic N) is 12. The second kappa shape index (κ2) is 35.9. The van der Waals surface area contributed by atoms with Crippen LogP contribution < -0.4 is 0 Å². The van der Waals surface area contributed by atoms with E-state index >= 15 is 0 Å². The van der Waals surface area contributed by atoms with E-state index in [2.05, 4.69) is 357 Å². The largest absolute Gasteiger partial charge is 0.455 e. The molecule has 7 heterocycles. The van der Waals surface area contributed by atoms with Crippen molar-refractivity contribution in [2.24, 2.45) is 0 Å². The lowest BCUT2D eigenvalue weighted by Gasteiger charge is -2.21. The Balaban J connectivity index is 0.000000110. The standard InChI is InChI=1S/C48H34N4.C45H28N4O.C42H30N4/c1-48(2)41-22-11-9-20-37(41)39-29-40-38-21-10-12-23-43(38)52(44(40)30-42(39)48)36-19-13-18-35(28-36)47-50-45(33-16-7-4-8-17-33)49-46(51-47)34-26-24-32(25-27-34)31-14-5-3-6-15-31;1-4-14-29(15-5-1)43-46-44(30-16-6-2-7-17-30)48-45(47-43)32-27-36(42-38(28-32)35-21-11-13-23-41(35)50-42)31-24-25-40-37(26-31)34-20-10-12-22-39(34)49(40)33-18-8-3-9-19-33;1-42(2)35-22-11-9-20-31(35)33-25-34-32-21-10-12-23-37(32)46(38(34)26-36(33)42)30-19-13-18-29(24-30)41-44-39(27-14-5-3-6-15-27)43-40(45-41)28-16-7-4-8-17-28/h3-30H,1-2H3;1-28H;3-26H,1-2H3. The van der Waals surface area contributed by atoms with Crippen molar-refractivity contribution >= 4 is 87.4 Å². The lowest BCUT2D eigenvalue weighted by atomic mass is 9.82. The van der Waals surface area contributed by atoms with Crippen LogP contribution in [0.2, 0.25) is 0 Å². The molecule has 0 saturated carbocycles. The first-order valence-electron chi connectivity index (χ1n) is 50.2. The van der Waals surface area contributed by atoms with E-state index < -0.39 is 0 Å². The van der Waals surface area contributed by atoms with E-state index in [9.17, 15) is 0 Å². The van der Waals surface area contributed by atoms with Gasteiger partial charge in [0.15, 0.2) is 52.4 Å². The van der Waals surface area contributed by atoms with Crippen molar-refractivity contribution in [3.63, 3.8) is 0 Å². The second-order valence-electron chi connectivity index (χ2n) is 39.1. The zero-order valence-corrected chi connectivity index (χ0v) is 81.5. The van der Waals surface area contributed by atoms with Crippen LogP contribution in [0.15, 0.2) is 490 Å². The highest BCUT2D eigenvalue weighted by atomic mass is 16.3. The van der Waals surface area contributed by atoms with Crippen molar-refractivity contribution in [1.82, 2.24) is 58.6 Å². The highest BCUT2D eigenvalue weighted by Crippen LogP contribution is 2.54. The minimum atomic E-state index is -0.0995. The van der Waals surface area contributed by atoms with Crippen molar-refractivity contribution in [3.8, 4) is 164 Å². The van der Waals surface area contributed by atoms with E-state index in [1.807, 2.05) is 170 Å². The van der Waals surface area contributed by atoms with Gasteiger partial charge in [0.2, 0.25) is 0 Å². The van der Waals surface area contributed by atoms with Gasteiger partial charge in [-0.15, -0.1) is 0 Å². The third-order valence-corrected chi connectivity index (χ3v) is 29.5. The van der Waals surface area contributed by atoms with Gasteiger partial charge in [-0.25, -0.2) is 44.9 Å². The molecule has 29 rings (SSSR count). The van der Waals surface area contributed by atoms with Crippen LogP contribution in [-0.4, -0.2) is 58.6 Å². The highest BCUT2D eigenvalue weighted by Gasteiger charge is 2.39. The fraction of sp³-hybridized carbons (Fsp3) is 0.0444. The monoisotopic (exact) mass is 1900 g/mol. The zero-order valence-electron chi connectivity index (χ0n) is 81.5. The molecule has 7 aromatic heterocycles. The van der Waals surface area contributed by atoms with Crippen LogP contribution in [0.25, 0.3) is 251 Å². The van der Waals surface area contributed by atoms with E-state index in [0.717, 1.165) is 111 Å². The molecule has 20 aromatic carbocycles. The molecule has 13 heteroatoms. The van der Waals surface area contributed by atoms with Crippen LogP contribution in [-0.2, 0) is 10.8 Å². The van der Waals surface area contributed by atoms with Crippen LogP contribution in [0.4, 0.5) is 0 Å². The average Bonchev–Trinajstić information content (AvgIpc) is 1.55. The van der Waals surface area contributed by atoms with Crippen LogP contribution >= 0.6 is 0 Å². The molecular formula is C135H92N12O. The predicted octanol–water partition coefficient (Wildman–Crippen LogP) is 33.8. The normalized spacial score (nSPS) is 12.6. The third-order valence-electron chi connectivity index (χ3n) is 29.5. The van der Waals surface area contributed by atoms with Crippen molar-refractivity contribution in [2.75, 3.05) is 0 Å². The quantitative estimate of drug-likeness (QED) is 0.103. The Bertz CT molecular complexity index is 9780. The van der Waals surface area contributed by atoms with Crippen LogP contribution in [0.5, 0.6) is 0 Å². The Labute approximate surface area is 854 Å². The molecular weight excluding hydrogens is 1810 g/mol. The summed E-state index contributed by atoms with van der Waals surface area (Å²) in [6.45, 7) is 9.36. The minimum Gasteiger partial charge on any atom is -0.455 e. The molecule has 0 unspecified atom stereocenters. The van der Waals surface area contributed by atoms with Gasteiger partial charge in [0.05, 0.1) is 33.1 Å². The molecule has 0 bridgehead atoms. The predicted molar refractivity (Wildman–Crippen MR) is 605 cm³/mol. The molecule has 0 amide bonds. The number of para-hydroxylation sites is 5. The second-order valence-corrected chi connectivity index (χ2v) is 39.1. The summed E-state index contributed by atoms with van der Waals surface area (Å²) in [5, 5.41) is 9.42. The van der Waals surface area contributed by atoms with Crippen LogP contribution in [0.1, 0.15) is 49.9 Å². The molecule has 0 atom stereocenters. The Kier molecular flexibility index (Phi) is 21.3. The summed E-state index contributed by atoms with van der Waals surface area (Å²) in [6, 6.07) is 170. The van der Waals surface area contributed by atoms with Gasteiger partial charge in [-0.2, -0.15) is 0 Å². The molecule has 148 heavy (non-hydrogen) atoms. The molecule has 0 radical (unpaired) electrons. The number of furan rings is 1. The molecule has 2 aliphatic carbocycles. The molecule has 0 aliphatic heterocycles. The number of rotatable bonds is 14. The number of fused-ring (bicyclic) bond motifs is 18. The molecule has 698 valence electrons. The van der Waals surface area contributed by atoms with Crippen LogP contribution in [0, 0.1) is 0 Å². The maximum absolute atomic E-state index is 6.63. The molecule has 0 fully saturated rings. The van der Waals surface area contributed by atoms with Crippen molar-refractivity contribution in [3.05, 3.63) is 508 Å². The highest BCUT2D eigenvalue weighted by molar-refractivity contribution is 6.16. The number of benzene rings is 20. The number of hydrogen-bond donors (Lipinski definition) is 0. The Morgan fingerprint density at radius 2 is 0.446 bits per heavy atom. The number of hydrogen-bond acceptors (Lipinski definition) is 10. The fourth-order valence-electron chi connectivity index (χ4n) is 22.3. The molecule has 0 saturated heterocycles. The maximum Gasteiger partial charge on any atom is 0.164 e. The van der Waals surface area contributed by atoms with E-state index in [-0.39, 0.29) is 10.8 Å². The van der Waals surface area contributed by atoms with Gasteiger partial charge in [0.25, 0.3) is 0 Å². The lowest BCUT2D eigenvalue weighted by Crippen LogP contribution is -2.15. The molecule has 13 nitrogen and oxygen atoms in total. The van der Waals surface area contributed by atoms with Gasteiger partial charge in [0, 0.05) is 127 Å². The Hall–Kier alpha value is -19.4. The average molecular weight is 1900 g/mol. The topological polar surface area (TPSA) is 144 Å². The van der Waals surface area contributed by atoms with Gasteiger partial charge in [-0.05, 0) is 170 Å². The maximum atomic E-state index is 6.63. The molecule has 0 N–H and O–H groups in total. The molecule has 2 aliphatic rings. The van der Waals surface area contributed by atoms with Crippen molar-refractivity contribution in [2.45, 2.75) is 38.5 Å². The zero-order chi connectivity index (χ0) is 98.7. The fourth-order valence-corrected chi connectivity index (χ4v) is 22.3. The van der Waals surface area contributed by atoms with Gasteiger partial charge in [0.1, 0.15) is 11.2 Å². The summed E-state index contributed by atoms with van der Waals surface area (Å²) in [7, 11) is 0.